The highest BCUT2D eigenvalue weighted by Gasteiger charge is 2.33. The Labute approximate surface area is 291 Å². The van der Waals surface area contributed by atoms with Crippen LogP contribution in [0.25, 0.3) is 0 Å². The number of aliphatic hydroxyl groups excluding tert-OH is 1. The van der Waals surface area contributed by atoms with E-state index < -0.39 is 11.2 Å². The predicted octanol–water partition coefficient (Wildman–Crippen LogP) is 7.99. The summed E-state index contributed by atoms with van der Waals surface area (Å²) in [5, 5.41) is 17.8. The van der Waals surface area contributed by atoms with Crippen LogP contribution in [0.2, 0.25) is 0 Å². The fourth-order valence-corrected chi connectivity index (χ4v) is 4.92. The summed E-state index contributed by atoms with van der Waals surface area (Å²) in [5.41, 5.74) is -0.932. The van der Waals surface area contributed by atoms with Crippen molar-refractivity contribution in [1.82, 2.24) is 19.8 Å². The smallest absolute Gasteiger partial charge is 0.410 e. The molecule has 46 heavy (non-hydrogen) atoms. The van der Waals surface area contributed by atoms with E-state index in [0.29, 0.717) is 18.9 Å². The van der Waals surface area contributed by atoms with Gasteiger partial charge in [-0.1, -0.05) is 7.43 Å². The SMILES string of the molecule is C.C=C.CC(C)(C)OC(=O)N1CCC[C@@H]1CO.CC(C)(C)OC(=O)N1CCC[C@@H]1COc1cncc(Br)c1.Oc1cncc(Br)c1. The van der Waals surface area contributed by atoms with Crippen LogP contribution in [0.5, 0.6) is 11.5 Å². The van der Waals surface area contributed by atoms with Crippen LogP contribution in [-0.2, 0) is 9.47 Å². The summed E-state index contributed by atoms with van der Waals surface area (Å²) in [7, 11) is 0. The molecule has 2 N–H and O–H groups in total. The van der Waals surface area contributed by atoms with Crippen LogP contribution in [-0.4, -0.2) is 91.8 Å². The summed E-state index contributed by atoms with van der Waals surface area (Å²) in [4.78, 5) is 34.9. The zero-order valence-corrected chi connectivity index (χ0v) is 30.3. The fourth-order valence-electron chi connectivity index (χ4n) is 4.22. The molecule has 4 heterocycles. The normalized spacial score (nSPS) is 17.1. The molecule has 0 saturated carbocycles. The highest BCUT2D eigenvalue weighted by Crippen LogP contribution is 2.23. The number of aromatic hydroxyl groups is 1. The summed E-state index contributed by atoms with van der Waals surface area (Å²) < 4.78 is 18.1. The molecule has 0 unspecified atom stereocenters. The third-order valence-electron chi connectivity index (χ3n) is 6.03. The van der Waals surface area contributed by atoms with Gasteiger partial charge in [-0.05, 0) is 111 Å². The molecule has 2 fully saturated rings. The maximum absolute atomic E-state index is 12.2. The Morgan fingerprint density at radius 3 is 1.72 bits per heavy atom. The van der Waals surface area contributed by atoms with Crippen LogP contribution in [0.3, 0.4) is 0 Å². The number of aliphatic hydroxyl groups is 1. The molecule has 4 rings (SSSR count). The summed E-state index contributed by atoms with van der Waals surface area (Å²) >= 11 is 6.50. The van der Waals surface area contributed by atoms with Crippen LogP contribution in [0.15, 0.2) is 59.0 Å². The quantitative estimate of drug-likeness (QED) is 0.297. The van der Waals surface area contributed by atoms with Gasteiger partial charge in [-0.25, -0.2) is 9.59 Å². The maximum atomic E-state index is 12.2. The summed E-state index contributed by atoms with van der Waals surface area (Å²) in [6.45, 7) is 19.0. The molecule has 2 aliphatic heterocycles. The van der Waals surface area contributed by atoms with Gasteiger partial charge in [0.1, 0.15) is 29.3 Å². The van der Waals surface area contributed by atoms with Gasteiger partial charge in [0.2, 0.25) is 0 Å². The number of hydrogen-bond acceptors (Lipinski definition) is 9. The largest absolute Gasteiger partial charge is 0.506 e. The number of aromatic nitrogens is 2. The summed E-state index contributed by atoms with van der Waals surface area (Å²) in [6.07, 6.45) is 9.51. The Kier molecular flexibility index (Phi) is 19.7. The first-order valence-corrected chi connectivity index (χ1v) is 16.3. The van der Waals surface area contributed by atoms with Gasteiger partial charge in [-0.2, -0.15) is 0 Å². The predicted molar refractivity (Wildman–Crippen MR) is 188 cm³/mol. The molecular formula is C33H52Br2N4O7. The Hall–Kier alpha value is -2.90. The van der Waals surface area contributed by atoms with E-state index in [2.05, 4.69) is 55.0 Å². The monoisotopic (exact) mass is 774 g/mol. The van der Waals surface area contributed by atoms with Crippen LogP contribution in [0.1, 0.15) is 74.7 Å². The van der Waals surface area contributed by atoms with Crippen molar-refractivity contribution in [3.8, 4) is 11.5 Å². The van der Waals surface area contributed by atoms with Crippen molar-refractivity contribution in [3.63, 3.8) is 0 Å². The molecule has 2 aliphatic rings. The Bertz CT molecular complexity index is 1170. The molecule has 0 radical (unpaired) electrons. The van der Waals surface area contributed by atoms with Gasteiger partial charge in [-0.3, -0.25) is 9.97 Å². The second-order valence-corrected chi connectivity index (χ2v) is 14.0. The second-order valence-electron chi connectivity index (χ2n) is 12.1. The molecule has 2 amide bonds. The van der Waals surface area contributed by atoms with Crippen molar-refractivity contribution in [2.24, 2.45) is 0 Å². The standard InChI is InChI=1S/C15H21BrN2O3.C10H19NO3.C5H4BrNO.C2H4.CH4/c1-15(2,3)21-14(19)18-6-4-5-12(18)10-20-13-7-11(16)8-17-9-13;1-10(2,3)14-9(13)11-6-4-5-8(11)7-12;6-4-1-5(8)3-7-2-4;1-2;/h7-9,12H,4-6,10H2,1-3H3;8,12H,4-7H2,1-3H3;1-3,8H;1-2H2;1H4/t12-;8-;;;/m11.../s1. The number of halogens is 2. The average Bonchev–Trinajstić information content (AvgIpc) is 3.62. The highest BCUT2D eigenvalue weighted by molar-refractivity contribution is 9.10. The lowest BCUT2D eigenvalue weighted by atomic mass is 10.2. The van der Waals surface area contributed by atoms with E-state index in [-0.39, 0.29) is 44.1 Å². The molecule has 0 bridgehead atoms. The van der Waals surface area contributed by atoms with Crippen LogP contribution in [0.4, 0.5) is 9.59 Å². The van der Waals surface area contributed by atoms with Crippen molar-refractivity contribution in [2.75, 3.05) is 26.3 Å². The number of rotatable bonds is 4. The van der Waals surface area contributed by atoms with E-state index in [9.17, 15) is 9.59 Å². The van der Waals surface area contributed by atoms with Crippen molar-refractivity contribution in [1.29, 1.82) is 0 Å². The van der Waals surface area contributed by atoms with Gasteiger partial charge in [0.25, 0.3) is 0 Å². The Balaban J connectivity index is 0.000000698. The molecule has 0 spiro atoms. The summed E-state index contributed by atoms with van der Waals surface area (Å²) in [5.74, 6) is 0.875. The zero-order chi connectivity index (χ0) is 34.2. The van der Waals surface area contributed by atoms with Crippen LogP contribution in [0, 0.1) is 0 Å². The van der Waals surface area contributed by atoms with Gasteiger partial charge >= 0.3 is 12.2 Å². The molecule has 11 nitrogen and oxygen atoms in total. The van der Waals surface area contributed by atoms with E-state index in [0.717, 1.165) is 41.2 Å². The van der Waals surface area contributed by atoms with E-state index >= 15 is 0 Å². The van der Waals surface area contributed by atoms with Gasteiger partial charge in [0, 0.05) is 34.4 Å². The topological polar surface area (TPSA) is 135 Å². The van der Waals surface area contributed by atoms with Crippen LogP contribution >= 0.6 is 31.9 Å². The number of likely N-dealkylation sites (tertiary alicyclic amines) is 2. The van der Waals surface area contributed by atoms with Gasteiger partial charge in [0.05, 0.1) is 31.1 Å². The highest BCUT2D eigenvalue weighted by atomic mass is 79.9. The lowest BCUT2D eigenvalue weighted by Gasteiger charge is -2.28. The molecular weight excluding hydrogens is 724 g/mol. The lowest BCUT2D eigenvalue weighted by Crippen LogP contribution is -2.42. The number of hydrogen-bond donors (Lipinski definition) is 2. The van der Waals surface area contributed by atoms with Crippen molar-refractivity contribution in [3.05, 3.63) is 59.0 Å². The Morgan fingerprint density at radius 2 is 1.30 bits per heavy atom. The van der Waals surface area contributed by atoms with E-state index in [1.54, 1.807) is 34.5 Å². The fraction of sp³-hybridized carbons (Fsp3) is 0.576. The van der Waals surface area contributed by atoms with E-state index in [1.807, 2.05) is 47.6 Å². The van der Waals surface area contributed by atoms with Crippen molar-refractivity contribution >= 4 is 44.0 Å². The molecule has 2 atom stereocenters. The first-order valence-electron chi connectivity index (χ1n) is 14.7. The number of ether oxygens (including phenoxy) is 3. The molecule has 13 heteroatoms. The molecule has 2 aromatic heterocycles. The van der Waals surface area contributed by atoms with Crippen LogP contribution < -0.4 is 4.74 Å². The maximum Gasteiger partial charge on any atom is 0.410 e. The lowest BCUT2D eigenvalue weighted by molar-refractivity contribution is 0.0171. The minimum atomic E-state index is -0.473. The number of amides is 2. The molecule has 0 aliphatic carbocycles. The van der Waals surface area contributed by atoms with E-state index in [4.69, 9.17) is 24.4 Å². The minimum Gasteiger partial charge on any atom is -0.506 e. The van der Waals surface area contributed by atoms with Gasteiger partial charge in [-0.15, -0.1) is 13.2 Å². The van der Waals surface area contributed by atoms with Crippen molar-refractivity contribution < 1.29 is 34.0 Å². The minimum absolute atomic E-state index is 0. The van der Waals surface area contributed by atoms with Gasteiger partial charge in [0.15, 0.2) is 0 Å². The first-order chi connectivity index (χ1) is 21.1. The molecule has 260 valence electrons. The number of carbonyl (C=O) groups excluding carboxylic acids is 2. The van der Waals surface area contributed by atoms with Gasteiger partial charge < -0.3 is 34.2 Å². The first kappa shape index (κ1) is 43.1. The third-order valence-corrected chi connectivity index (χ3v) is 6.90. The molecule has 0 aromatic carbocycles. The number of nitrogens with zero attached hydrogens (tertiary/aromatic N) is 4. The number of pyridine rings is 2. The zero-order valence-electron chi connectivity index (χ0n) is 27.2. The number of carbonyl (C=O) groups is 2. The second kappa shape index (κ2) is 21.1. The third kappa shape index (κ3) is 17.1. The molecule has 2 aromatic rings. The Morgan fingerprint density at radius 1 is 0.848 bits per heavy atom. The average molecular weight is 777 g/mol. The molecule has 2 saturated heterocycles. The van der Waals surface area contributed by atoms with Crippen molar-refractivity contribution in [2.45, 2.75) is 97.9 Å². The summed E-state index contributed by atoms with van der Waals surface area (Å²) in [6, 6.07) is 3.44. The van der Waals surface area contributed by atoms with E-state index in [1.165, 1.54) is 6.20 Å².